The van der Waals surface area contributed by atoms with Gasteiger partial charge in [-0.2, -0.15) is 0 Å². The SMILES string of the molecule is C#CCOc1c(Cl)cc(/C=C(\Cl)c2cc(=O)n3cccc(C)c3n2)cc1OC. The lowest BCUT2D eigenvalue weighted by molar-refractivity contribution is 0.331. The third kappa shape index (κ3) is 3.99. The Kier molecular flexibility index (Phi) is 5.93. The summed E-state index contributed by atoms with van der Waals surface area (Å²) in [5.74, 6) is 3.15. The molecule has 0 atom stereocenters. The molecule has 0 spiro atoms. The first-order valence-electron chi connectivity index (χ1n) is 8.25. The number of hydrogen-bond donors (Lipinski definition) is 0. The van der Waals surface area contributed by atoms with E-state index < -0.39 is 0 Å². The summed E-state index contributed by atoms with van der Waals surface area (Å²) in [5, 5.41) is 0.617. The molecule has 0 aliphatic carbocycles. The van der Waals surface area contributed by atoms with Crippen LogP contribution in [0.4, 0.5) is 0 Å². The summed E-state index contributed by atoms with van der Waals surface area (Å²) in [4.78, 5) is 16.9. The highest BCUT2D eigenvalue weighted by Crippen LogP contribution is 2.37. The van der Waals surface area contributed by atoms with Crippen LogP contribution in [-0.4, -0.2) is 23.1 Å². The summed E-state index contributed by atoms with van der Waals surface area (Å²) in [6.07, 6.45) is 8.54. The summed E-state index contributed by atoms with van der Waals surface area (Å²) >= 11 is 12.7. The van der Waals surface area contributed by atoms with Gasteiger partial charge < -0.3 is 9.47 Å². The first-order valence-corrected chi connectivity index (χ1v) is 9.00. The zero-order valence-electron chi connectivity index (χ0n) is 15.2. The Morgan fingerprint density at radius 1 is 1.39 bits per heavy atom. The molecule has 0 saturated carbocycles. The van der Waals surface area contributed by atoms with E-state index in [9.17, 15) is 4.79 Å². The van der Waals surface area contributed by atoms with E-state index in [1.54, 1.807) is 30.5 Å². The highest BCUT2D eigenvalue weighted by atomic mass is 35.5. The Labute approximate surface area is 172 Å². The van der Waals surface area contributed by atoms with E-state index >= 15 is 0 Å². The van der Waals surface area contributed by atoms with Gasteiger partial charge in [0, 0.05) is 12.3 Å². The molecule has 2 aromatic heterocycles. The summed E-state index contributed by atoms with van der Waals surface area (Å²) in [5.41, 5.74) is 2.22. The average molecular weight is 415 g/mol. The molecule has 142 valence electrons. The normalized spacial score (nSPS) is 11.3. The maximum atomic E-state index is 12.4. The van der Waals surface area contributed by atoms with Gasteiger partial charge in [0.15, 0.2) is 11.5 Å². The van der Waals surface area contributed by atoms with Crippen LogP contribution in [0, 0.1) is 19.3 Å². The molecule has 3 aromatic rings. The molecular weight excluding hydrogens is 399 g/mol. The zero-order valence-corrected chi connectivity index (χ0v) is 16.7. The van der Waals surface area contributed by atoms with Crippen molar-refractivity contribution in [2.24, 2.45) is 0 Å². The number of hydrogen-bond acceptors (Lipinski definition) is 4. The number of aromatic nitrogens is 2. The van der Waals surface area contributed by atoms with Crippen LogP contribution in [0.25, 0.3) is 16.8 Å². The molecule has 28 heavy (non-hydrogen) atoms. The molecule has 0 aliphatic rings. The van der Waals surface area contributed by atoms with Crippen molar-refractivity contribution < 1.29 is 9.47 Å². The van der Waals surface area contributed by atoms with Crippen molar-refractivity contribution in [3.63, 3.8) is 0 Å². The molecule has 3 rings (SSSR count). The third-order valence-corrected chi connectivity index (χ3v) is 4.56. The van der Waals surface area contributed by atoms with Crippen LogP contribution in [0.2, 0.25) is 5.02 Å². The zero-order chi connectivity index (χ0) is 20.3. The largest absolute Gasteiger partial charge is 0.493 e. The predicted octanol–water partition coefficient (Wildman–Crippen LogP) is 4.41. The number of rotatable bonds is 5. The molecule has 0 saturated heterocycles. The molecule has 1 aromatic carbocycles. The second-order valence-corrected chi connectivity index (χ2v) is 6.70. The number of halogens is 2. The quantitative estimate of drug-likeness (QED) is 0.580. The molecule has 2 heterocycles. The van der Waals surface area contributed by atoms with Gasteiger partial charge in [0.1, 0.15) is 12.3 Å². The van der Waals surface area contributed by atoms with Gasteiger partial charge >= 0.3 is 0 Å². The van der Waals surface area contributed by atoms with Crippen LogP contribution in [0.3, 0.4) is 0 Å². The molecule has 0 aliphatic heterocycles. The van der Waals surface area contributed by atoms with Crippen LogP contribution < -0.4 is 15.0 Å². The fourth-order valence-corrected chi connectivity index (χ4v) is 3.18. The van der Waals surface area contributed by atoms with Crippen LogP contribution in [-0.2, 0) is 0 Å². The van der Waals surface area contributed by atoms with E-state index in [4.69, 9.17) is 39.1 Å². The molecule has 0 amide bonds. The van der Waals surface area contributed by atoms with Crippen LogP contribution in [0.15, 0.2) is 41.3 Å². The van der Waals surface area contributed by atoms with Crippen molar-refractivity contribution in [3.8, 4) is 23.8 Å². The number of pyridine rings is 1. The van der Waals surface area contributed by atoms with Crippen molar-refractivity contribution in [1.82, 2.24) is 9.38 Å². The first kappa shape index (κ1) is 19.8. The fraction of sp³-hybridized carbons (Fsp3) is 0.143. The minimum absolute atomic E-state index is 0.0658. The lowest BCUT2D eigenvalue weighted by Crippen LogP contribution is -2.15. The Bertz CT molecular complexity index is 1180. The highest BCUT2D eigenvalue weighted by Gasteiger charge is 2.13. The predicted molar refractivity (Wildman–Crippen MR) is 112 cm³/mol. The first-order chi connectivity index (χ1) is 13.4. The molecule has 5 nitrogen and oxygen atoms in total. The minimum Gasteiger partial charge on any atom is -0.493 e. The average Bonchev–Trinajstić information content (AvgIpc) is 2.67. The van der Waals surface area contributed by atoms with E-state index in [0.717, 1.165) is 5.56 Å². The topological polar surface area (TPSA) is 52.8 Å². The lowest BCUT2D eigenvalue weighted by Gasteiger charge is -2.12. The summed E-state index contributed by atoms with van der Waals surface area (Å²) in [7, 11) is 1.50. The Morgan fingerprint density at radius 3 is 2.89 bits per heavy atom. The number of ether oxygens (including phenoxy) is 2. The van der Waals surface area contributed by atoms with Crippen LogP contribution >= 0.6 is 23.2 Å². The molecule has 0 fully saturated rings. The number of nitrogens with zero attached hydrogens (tertiary/aromatic N) is 2. The second kappa shape index (κ2) is 8.39. The maximum absolute atomic E-state index is 12.4. The van der Waals surface area contributed by atoms with E-state index in [1.807, 2.05) is 13.0 Å². The number of terminal acetylenes is 1. The lowest BCUT2D eigenvalue weighted by atomic mass is 10.1. The number of benzene rings is 1. The van der Waals surface area contributed by atoms with E-state index in [0.29, 0.717) is 38.5 Å². The molecule has 0 unspecified atom stereocenters. The number of aryl methyl sites for hydroxylation is 1. The van der Waals surface area contributed by atoms with Crippen LogP contribution in [0.5, 0.6) is 11.5 Å². The van der Waals surface area contributed by atoms with E-state index in [2.05, 4.69) is 10.9 Å². The molecule has 7 heteroatoms. The van der Waals surface area contributed by atoms with E-state index in [-0.39, 0.29) is 12.2 Å². The Balaban J connectivity index is 2.06. The van der Waals surface area contributed by atoms with E-state index in [1.165, 1.54) is 17.6 Å². The van der Waals surface area contributed by atoms with Crippen molar-refractivity contribution >= 4 is 40.0 Å². The summed E-state index contributed by atoms with van der Waals surface area (Å²) < 4.78 is 12.2. The third-order valence-electron chi connectivity index (χ3n) is 3.98. The monoisotopic (exact) mass is 414 g/mol. The fourth-order valence-electron chi connectivity index (χ4n) is 2.68. The molecule has 0 radical (unpaired) electrons. The van der Waals surface area contributed by atoms with Gasteiger partial charge in [0.05, 0.1) is 22.9 Å². The standard InChI is InChI=1S/C21H16Cl2N2O3/c1-4-8-28-20-16(23)10-14(11-18(20)27-3)9-15(22)17-12-19(26)25-7-5-6-13(2)21(25)24-17/h1,5-7,9-12H,8H2,2-3H3/b15-9-. The molecular formula is C21H16Cl2N2O3. The van der Waals surface area contributed by atoms with Gasteiger partial charge in [-0.1, -0.05) is 35.2 Å². The van der Waals surface area contributed by atoms with Crippen molar-refractivity contribution in [1.29, 1.82) is 0 Å². The van der Waals surface area contributed by atoms with Gasteiger partial charge in [0.25, 0.3) is 5.56 Å². The highest BCUT2D eigenvalue weighted by molar-refractivity contribution is 6.51. The number of methoxy groups -OCH3 is 1. The van der Waals surface area contributed by atoms with Gasteiger partial charge in [-0.15, -0.1) is 6.42 Å². The summed E-state index contributed by atoms with van der Waals surface area (Å²) in [6, 6.07) is 8.43. The van der Waals surface area contributed by atoms with Gasteiger partial charge in [0.2, 0.25) is 0 Å². The van der Waals surface area contributed by atoms with Gasteiger partial charge in [-0.25, -0.2) is 4.98 Å². The van der Waals surface area contributed by atoms with Crippen molar-refractivity contribution in [3.05, 3.63) is 68.7 Å². The van der Waals surface area contributed by atoms with Crippen molar-refractivity contribution in [2.45, 2.75) is 6.92 Å². The van der Waals surface area contributed by atoms with Crippen LogP contribution in [0.1, 0.15) is 16.8 Å². The Morgan fingerprint density at radius 2 is 2.18 bits per heavy atom. The Hall–Kier alpha value is -2.94. The van der Waals surface area contributed by atoms with Gasteiger partial charge in [-0.3, -0.25) is 9.20 Å². The minimum atomic E-state index is -0.219. The molecule has 0 N–H and O–H groups in total. The number of fused-ring (bicyclic) bond motifs is 1. The maximum Gasteiger partial charge on any atom is 0.258 e. The second-order valence-electron chi connectivity index (χ2n) is 5.88. The van der Waals surface area contributed by atoms with Crippen molar-refractivity contribution in [2.75, 3.05) is 13.7 Å². The van der Waals surface area contributed by atoms with Gasteiger partial charge in [-0.05, 0) is 42.3 Å². The smallest absolute Gasteiger partial charge is 0.258 e. The summed E-state index contributed by atoms with van der Waals surface area (Å²) in [6.45, 7) is 1.94. The molecule has 0 bridgehead atoms.